The van der Waals surface area contributed by atoms with Crippen molar-refractivity contribution < 1.29 is 23.9 Å². The summed E-state index contributed by atoms with van der Waals surface area (Å²) in [6, 6.07) is 15.6. The number of benzene rings is 2. The van der Waals surface area contributed by atoms with Crippen molar-refractivity contribution in [1.82, 2.24) is 30.6 Å². The number of ether oxygens (including phenoxy) is 1. The molecule has 5 atom stereocenters. The number of aromatic nitrogens is 2. The standard InChI is InChI=1S/C40H45N7O6/c1-5-27-21-40(27,37(51)42-24-41)45-34(48)31-20-28(23-46(31)36(50)33(39(2,3)4)44-38(52)53-29-18-12-13-19-29)47-35(49)32(26-16-10-7-11-17-26)30(22-43-47)25-14-8-6-9-15-25/h5-11,14-17,22,27-29,31,33H,1,12-13,18-21,23H2,2-4H3,(H,42,51)(H,44,52)(H,45,48)/t27?,28-,31+,33+,40-/m1/s1. The molecule has 0 bridgehead atoms. The minimum Gasteiger partial charge on any atom is -0.446 e. The van der Waals surface area contributed by atoms with Gasteiger partial charge in [-0.15, -0.1) is 6.58 Å². The summed E-state index contributed by atoms with van der Waals surface area (Å²) in [6.45, 7) is 9.08. The Bertz CT molecular complexity index is 1980. The monoisotopic (exact) mass is 719 g/mol. The molecule has 4 amide bonds. The summed E-state index contributed by atoms with van der Waals surface area (Å²) in [5.74, 6) is -2.31. The average Bonchev–Trinajstić information content (AvgIpc) is 3.41. The maximum absolute atomic E-state index is 14.6. The first-order valence-electron chi connectivity index (χ1n) is 18.0. The number of hydrogen-bond acceptors (Lipinski definition) is 8. The third-order valence-electron chi connectivity index (χ3n) is 10.5. The van der Waals surface area contributed by atoms with Gasteiger partial charge in [-0.25, -0.2) is 9.48 Å². The molecule has 13 heteroatoms. The number of hydrogen-bond donors (Lipinski definition) is 3. The first-order chi connectivity index (χ1) is 25.4. The Morgan fingerprint density at radius 2 is 1.68 bits per heavy atom. The molecule has 0 spiro atoms. The Labute approximate surface area is 308 Å². The number of rotatable bonds is 10. The topological polar surface area (TPSA) is 176 Å². The van der Waals surface area contributed by atoms with Crippen molar-refractivity contribution in [3.8, 4) is 28.4 Å². The van der Waals surface area contributed by atoms with Crippen LogP contribution in [0.2, 0.25) is 0 Å². The Hall–Kier alpha value is -5.77. The van der Waals surface area contributed by atoms with Crippen LogP contribution in [0.5, 0.6) is 0 Å². The second-order valence-electron chi connectivity index (χ2n) is 15.1. The van der Waals surface area contributed by atoms with E-state index in [1.54, 1.807) is 33.2 Å². The molecular weight excluding hydrogens is 674 g/mol. The summed E-state index contributed by atoms with van der Waals surface area (Å²) in [7, 11) is 0. The molecule has 2 heterocycles. The molecule has 276 valence electrons. The zero-order valence-corrected chi connectivity index (χ0v) is 30.2. The van der Waals surface area contributed by atoms with Gasteiger partial charge in [0.1, 0.15) is 23.7 Å². The van der Waals surface area contributed by atoms with Crippen molar-refractivity contribution in [3.05, 3.63) is 89.9 Å². The predicted molar refractivity (Wildman–Crippen MR) is 197 cm³/mol. The van der Waals surface area contributed by atoms with Crippen LogP contribution in [0, 0.1) is 22.8 Å². The number of nitrogens with one attached hydrogen (secondary N) is 3. The lowest BCUT2D eigenvalue weighted by Gasteiger charge is -2.35. The first kappa shape index (κ1) is 37.0. The summed E-state index contributed by atoms with van der Waals surface area (Å²) in [5.41, 5.74) is -0.0991. The van der Waals surface area contributed by atoms with Crippen LogP contribution in [-0.4, -0.2) is 68.8 Å². The van der Waals surface area contributed by atoms with Crippen molar-refractivity contribution in [1.29, 1.82) is 5.26 Å². The molecule has 3 fully saturated rings. The van der Waals surface area contributed by atoms with E-state index in [4.69, 9.17) is 4.74 Å². The zero-order chi connectivity index (χ0) is 37.9. The van der Waals surface area contributed by atoms with Crippen LogP contribution in [0.4, 0.5) is 4.79 Å². The minimum atomic E-state index is -1.42. The second-order valence-corrected chi connectivity index (χ2v) is 15.1. The van der Waals surface area contributed by atoms with Crippen molar-refractivity contribution in [2.45, 2.75) is 89.1 Å². The van der Waals surface area contributed by atoms with Crippen molar-refractivity contribution >= 4 is 23.8 Å². The number of amides is 4. The molecule has 0 radical (unpaired) electrons. The molecule has 53 heavy (non-hydrogen) atoms. The van der Waals surface area contributed by atoms with Gasteiger partial charge in [-0.05, 0) is 48.6 Å². The summed E-state index contributed by atoms with van der Waals surface area (Å²) in [6.07, 6.45) is 7.46. The van der Waals surface area contributed by atoms with Crippen LogP contribution in [0.1, 0.15) is 65.3 Å². The van der Waals surface area contributed by atoms with Crippen LogP contribution in [0.15, 0.2) is 84.3 Å². The smallest absolute Gasteiger partial charge is 0.408 e. The minimum absolute atomic E-state index is 0.0124. The molecule has 3 aromatic rings. The van der Waals surface area contributed by atoms with Crippen molar-refractivity contribution in [2.75, 3.05) is 6.54 Å². The normalized spacial score (nSPS) is 23.0. The van der Waals surface area contributed by atoms with E-state index >= 15 is 0 Å². The highest BCUT2D eigenvalue weighted by molar-refractivity contribution is 5.99. The van der Waals surface area contributed by atoms with Gasteiger partial charge in [0.2, 0.25) is 11.8 Å². The van der Waals surface area contributed by atoms with E-state index in [-0.39, 0.29) is 25.5 Å². The summed E-state index contributed by atoms with van der Waals surface area (Å²) in [4.78, 5) is 70.9. The van der Waals surface area contributed by atoms with Gasteiger partial charge >= 0.3 is 6.09 Å². The van der Waals surface area contributed by atoms with E-state index in [0.29, 0.717) is 16.7 Å². The molecule has 6 rings (SSSR count). The van der Waals surface area contributed by atoms with Gasteiger partial charge in [0, 0.05) is 24.4 Å². The molecule has 1 unspecified atom stereocenters. The lowest BCUT2D eigenvalue weighted by molar-refractivity contribution is -0.142. The van der Waals surface area contributed by atoms with E-state index in [0.717, 1.165) is 31.2 Å². The largest absolute Gasteiger partial charge is 0.446 e. The highest BCUT2D eigenvalue weighted by Gasteiger charge is 2.61. The fourth-order valence-corrected chi connectivity index (χ4v) is 7.55. The average molecular weight is 720 g/mol. The van der Waals surface area contributed by atoms with Gasteiger partial charge in [-0.1, -0.05) is 87.5 Å². The Morgan fingerprint density at radius 3 is 2.26 bits per heavy atom. The van der Waals surface area contributed by atoms with E-state index in [9.17, 15) is 29.2 Å². The molecule has 13 nitrogen and oxygen atoms in total. The maximum Gasteiger partial charge on any atom is 0.408 e. The maximum atomic E-state index is 14.6. The second kappa shape index (κ2) is 15.1. The number of carbonyl (C=O) groups excluding carboxylic acids is 4. The molecule has 2 saturated carbocycles. The number of alkyl carbamates (subject to hydrolysis) is 1. The molecule has 1 aromatic heterocycles. The molecule has 2 aromatic carbocycles. The van der Waals surface area contributed by atoms with Gasteiger partial charge in [-0.2, -0.15) is 10.4 Å². The van der Waals surface area contributed by atoms with Crippen LogP contribution < -0.4 is 21.5 Å². The summed E-state index contributed by atoms with van der Waals surface area (Å²) >= 11 is 0. The molecule has 3 aliphatic rings. The first-order valence-corrected chi connectivity index (χ1v) is 18.0. The van der Waals surface area contributed by atoms with Gasteiger partial charge in [0.25, 0.3) is 11.5 Å². The van der Waals surface area contributed by atoms with Gasteiger partial charge in [0.05, 0.1) is 17.8 Å². The molecule has 3 N–H and O–H groups in total. The zero-order valence-electron chi connectivity index (χ0n) is 30.2. The highest BCUT2D eigenvalue weighted by atomic mass is 16.6. The van der Waals surface area contributed by atoms with Crippen molar-refractivity contribution in [3.63, 3.8) is 0 Å². The molecule has 1 aliphatic heterocycles. The molecule has 2 aliphatic carbocycles. The molecular formula is C40H45N7O6. The van der Waals surface area contributed by atoms with Crippen LogP contribution in [0.25, 0.3) is 22.3 Å². The number of nitriles is 1. The number of nitrogens with zero attached hydrogens (tertiary/aromatic N) is 4. The van der Waals surface area contributed by atoms with E-state index in [1.165, 1.54) is 15.7 Å². The van der Waals surface area contributed by atoms with E-state index in [1.807, 2.05) is 60.7 Å². The number of carbonyl (C=O) groups is 4. The summed E-state index contributed by atoms with van der Waals surface area (Å²) in [5, 5.41) is 21.5. The lowest BCUT2D eigenvalue weighted by atomic mass is 9.85. The highest BCUT2D eigenvalue weighted by Crippen LogP contribution is 2.45. The Balaban J connectivity index is 1.38. The van der Waals surface area contributed by atoms with Crippen LogP contribution in [-0.2, 0) is 19.1 Å². The third kappa shape index (κ3) is 7.58. The van der Waals surface area contributed by atoms with Crippen LogP contribution in [0.3, 0.4) is 0 Å². The predicted octanol–water partition coefficient (Wildman–Crippen LogP) is 4.46. The SMILES string of the molecule is C=CC1C[C@]1(NC(=O)[C@@H]1C[C@@H](n2ncc(-c3ccccc3)c(-c3ccccc3)c2=O)CN1C(=O)[C@H](NC(=O)OC1CCCC1)C(C)(C)C)C(=O)NC#N. The third-order valence-corrected chi connectivity index (χ3v) is 10.5. The summed E-state index contributed by atoms with van der Waals surface area (Å²) < 4.78 is 6.96. The fourth-order valence-electron chi connectivity index (χ4n) is 7.55. The van der Waals surface area contributed by atoms with Gasteiger partial charge in [-0.3, -0.25) is 24.5 Å². The molecule has 1 saturated heterocycles. The van der Waals surface area contributed by atoms with E-state index < -0.39 is 64.4 Å². The Kier molecular flexibility index (Phi) is 10.5. The fraction of sp³-hybridized carbons (Fsp3) is 0.425. The van der Waals surface area contributed by atoms with Crippen molar-refractivity contribution in [2.24, 2.45) is 11.3 Å². The van der Waals surface area contributed by atoms with E-state index in [2.05, 4.69) is 27.6 Å². The van der Waals surface area contributed by atoms with Crippen LogP contribution >= 0.6 is 0 Å². The Morgan fingerprint density at radius 1 is 1.04 bits per heavy atom. The van der Waals surface area contributed by atoms with Gasteiger partial charge < -0.3 is 20.3 Å². The van der Waals surface area contributed by atoms with Gasteiger partial charge in [0.15, 0.2) is 6.19 Å². The lowest BCUT2D eigenvalue weighted by Crippen LogP contribution is -2.59. The number of likely N-dealkylation sites (tertiary alicyclic amines) is 1. The quantitative estimate of drug-likeness (QED) is 0.156.